The molecule has 0 saturated carbocycles. The summed E-state index contributed by atoms with van der Waals surface area (Å²) in [7, 11) is 1.42. The van der Waals surface area contributed by atoms with Crippen LogP contribution < -0.4 is 9.64 Å². The Morgan fingerprint density at radius 2 is 1.92 bits per heavy atom. The monoisotopic (exact) mass is 330 g/mol. The van der Waals surface area contributed by atoms with Crippen LogP contribution in [0.1, 0.15) is 12.5 Å². The first kappa shape index (κ1) is 17.3. The van der Waals surface area contributed by atoms with E-state index in [4.69, 9.17) is 9.47 Å². The molecule has 1 amide bonds. The normalized spacial score (nSPS) is 10.1. The largest absolute Gasteiger partial charge is 0.496 e. The molecule has 0 aliphatic carbocycles. The minimum Gasteiger partial charge on any atom is -0.496 e. The molecule has 24 heavy (non-hydrogen) atoms. The van der Waals surface area contributed by atoms with Crippen molar-refractivity contribution in [1.29, 1.82) is 0 Å². The zero-order valence-corrected chi connectivity index (χ0v) is 13.5. The van der Waals surface area contributed by atoms with Crippen molar-refractivity contribution >= 4 is 17.5 Å². The highest BCUT2D eigenvalue weighted by molar-refractivity contribution is 5.90. The van der Waals surface area contributed by atoms with Crippen molar-refractivity contribution in [1.82, 2.24) is 0 Å². The fourth-order valence-electron chi connectivity index (χ4n) is 2.20. The van der Waals surface area contributed by atoms with Gasteiger partial charge in [0.25, 0.3) is 5.69 Å². The summed E-state index contributed by atoms with van der Waals surface area (Å²) in [6.45, 7) is 2.05. The van der Waals surface area contributed by atoms with Crippen molar-refractivity contribution in [2.75, 3.05) is 18.6 Å². The van der Waals surface area contributed by atoms with Gasteiger partial charge in [0.2, 0.25) is 0 Å². The molecule has 0 bridgehead atoms. The molecule has 0 unspecified atom stereocenters. The second kappa shape index (κ2) is 7.96. The minimum absolute atomic E-state index is 0.0973. The summed E-state index contributed by atoms with van der Waals surface area (Å²) >= 11 is 0. The number of hydrogen-bond donors (Lipinski definition) is 0. The molecule has 0 atom stereocenters. The van der Waals surface area contributed by atoms with Crippen LogP contribution in [0.4, 0.5) is 16.2 Å². The molecule has 126 valence electrons. The quantitative estimate of drug-likeness (QED) is 0.595. The van der Waals surface area contributed by atoms with Gasteiger partial charge in [-0.05, 0) is 24.6 Å². The van der Waals surface area contributed by atoms with Gasteiger partial charge in [0.1, 0.15) is 18.0 Å². The highest BCUT2D eigenvalue weighted by Crippen LogP contribution is 2.32. The van der Waals surface area contributed by atoms with E-state index in [1.54, 1.807) is 13.0 Å². The fourth-order valence-corrected chi connectivity index (χ4v) is 2.20. The van der Waals surface area contributed by atoms with Crippen LogP contribution in [0.2, 0.25) is 0 Å². The molecule has 0 N–H and O–H groups in total. The van der Waals surface area contributed by atoms with Gasteiger partial charge in [0, 0.05) is 6.54 Å². The van der Waals surface area contributed by atoms with Gasteiger partial charge in [-0.1, -0.05) is 30.3 Å². The fraction of sp³-hybridized carbons (Fsp3) is 0.235. The molecule has 0 aromatic heterocycles. The average Bonchev–Trinajstić information content (AvgIpc) is 2.61. The van der Waals surface area contributed by atoms with Crippen LogP contribution in [-0.2, 0) is 11.3 Å². The first-order chi connectivity index (χ1) is 11.6. The predicted octanol–water partition coefficient (Wildman–Crippen LogP) is 3.77. The molecule has 2 rings (SSSR count). The molecule has 2 aromatic carbocycles. The van der Waals surface area contributed by atoms with Crippen molar-refractivity contribution in [3.05, 3.63) is 64.2 Å². The van der Waals surface area contributed by atoms with Crippen LogP contribution >= 0.6 is 0 Å². The maximum Gasteiger partial charge on any atom is 0.414 e. The van der Waals surface area contributed by atoms with Crippen molar-refractivity contribution in [2.24, 2.45) is 0 Å². The third kappa shape index (κ3) is 4.01. The molecule has 0 aliphatic rings. The number of rotatable bonds is 6. The number of anilines is 1. The lowest BCUT2D eigenvalue weighted by molar-refractivity contribution is -0.384. The summed E-state index contributed by atoms with van der Waals surface area (Å²) in [6, 6.07) is 13.5. The van der Waals surface area contributed by atoms with Crippen molar-refractivity contribution in [2.45, 2.75) is 13.5 Å². The first-order valence-electron chi connectivity index (χ1n) is 7.37. The van der Waals surface area contributed by atoms with Gasteiger partial charge in [0.05, 0.1) is 18.1 Å². The molecule has 0 saturated heterocycles. The number of nitro benzene ring substituents is 1. The lowest BCUT2D eigenvalue weighted by Gasteiger charge is -2.20. The predicted molar refractivity (Wildman–Crippen MR) is 89.3 cm³/mol. The molecule has 0 heterocycles. The lowest BCUT2D eigenvalue weighted by Crippen LogP contribution is -2.31. The molecule has 7 nitrogen and oxygen atoms in total. The molecule has 0 radical (unpaired) electrons. The topological polar surface area (TPSA) is 81.9 Å². The second-order valence-corrected chi connectivity index (χ2v) is 4.90. The van der Waals surface area contributed by atoms with Gasteiger partial charge < -0.3 is 9.47 Å². The van der Waals surface area contributed by atoms with Crippen LogP contribution in [0.3, 0.4) is 0 Å². The number of amides is 1. The van der Waals surface area contributed by atoms with E-state index in [2.05, 4.69) is 0 Å². The standard InChI is InChI=1S/C17H18N2O5/c1-3-18(17(20)24-12-13-7-5-4-6-8-13)15-10-9-14(23-2)11-16(15)19(21)22/h4-11H,3,12H2,1-2H3. The van der Waals surface area contributed by atoms with E-state index >= 15 is 0 Å². The van der Waals surface area contributed by atoms with Gasteiger partial charge in [-0.2, -0.15) is 0 Å². The van der Waals surface area contributed by atoms with E-state index in [0.717, 1.165) is 5.56 Å². The number of nitro groups is 1. The summed E-state index contributed by atoms with van der Waals surface area (Å²) in [5, 5.41) is 11.3. The Labute approximate surface area is 139 Å². The van der Waals surface area contributed by atoms with Crippen molar-refractivity contribution in [3.8, 4) is 5.75 Å². The number of nitrogens with zero attached hydrogens (tertiary/aromatic N) is 2. The van der Waals surface area contributed by atoms with Gasteiger partial charge in [-0.3, -0.25) is 15.0 Å². The van der Waals surface area contributed by atoms with Crippen molar-refractivity contribution < 1.29 is 19.2 Å². The summed E-state index contributed by atoms with van der Waals surface area (Å²) in [5.74, 6) is 0.346. The summed E-state index contributed by atoms with van der Waals surface area (Å²) in [6.07, 6.45) is -0.644. The van der Waals surface area contributed by atoms with E-state index < -0.39 is 11.0 Å². The summed E-state index contributed by atoms with van der Waals surface area (Å²) in [4.78, 5) is 24.3. The number of benzene rings is 2. The molecule has 0 fully saturated rings. The Kier molecular flexibility index (Phi) is 5.73. The zero-order chi connectivity index (χ0) is 17.5. The Balaban J connectivity index is 2.21. The van der Waals surface area contributed by atoms with Crippen LogP contribution in [-0.4, -0.2) is 24.7 Å². The molecular weight excluding hydrogens is 312 g/mol. The Morgan fingerprint density at radius 3 is 2.50 bits per heavy atom. The van der Waals surface area contributed by atoms with Crippen molar-refractivity contribution in [3.63, 3.8) is 0 Å². The Morgan fingerprint density at radius 1 is 1.21 bits per heavy atom. The van der Waals surface area contributed by atoms with E-state index in [1.807, 2.05) is 30.3 Å². The third-order valence-electron chi connectivity index (χ3n) is 3.41. The Hall–Kier alpha value is -3.09. The summed E-state index contributed by atoms with van der Waals surface area (Å²) in [5.41, 5.74) is 0.792. The summed E-state index contributed by atoms with van der Waals surface area (Å²) < 4.78 is 10.3. The van der Waals surface area contributed by atoms with E-state index in [9.17, 15) is 14.9 Å². The highest BCUT2D eigenvalue weighted by Gasteiger charge is 2.25. The maximum absolute atomic E-state index is 12.3. The van der Waals surface area contributed by atoms with Gasteiger partial charge in [0.15, 0.2) is 0 Å². The van der Waals surface area contributed by atoms with Gasteiger partial charge in [-0.15, -0.1) is 0 Å². The van der Waals surface area contributed by atoms with E-state index in [1.165, 1.54) is 24.1 Å². The highest BCUT2D eigenvalue weighted by atomic mass is 16.6. The molecule has 0 spiro atoms. The van der Waals surface area contributed by atoms with Crippen LogP contribution in [0.15, 0.2) is 48.5 Å². The van der Waals surface area contributed by atoms with Crippen LogP contribution in [0.25, 0.3) is 0 Å². The van der Waals surface area contributed by atoms with Gasteiger partial charge in [-0.25, -0.2) is 4.79 Å². The molecule has 2 aromatic rings. The van der Waals surface area contributed by atoms with Crippen LogP contribution in [0, 0.1) is 10.1 Å². The third-order valence-corrected chi connectivity index (χ3v) is 3.41. The number of methoxy groups -OCH3 is 1. The zero-order valence-electron chi connectivity index (χ0n) is 13.5. The Bertz CT molecular complexity index is 718. The number of carbonyl (C=O) groups is 1. The minimum atomic E-state index is -0.644. The SMILES string of the molecule is CCN(C(=O)OCc1ccccc1)c1ccc(OC)cc1[N+](=O)[O-]. The smallest absolute Gasteiger partial charge is 0.414 e. The molecule has 0 aliphatic heterocycles. The van der Waals surface area contributed by atoms with Gasteiger partial charge >= 0.3 is 6.09 Å². The van der Waals surface area contributed by atoms with E-state index in [0.29, 0.717) is 5.75 Å². The second-order valence-electron chi connectivity index (χ2n) is 4.90. The maximum atomic E-state index is 12.3. The molecule has 7 heteroatoms. The van der Waals surface area contributed by atoms with Crippen LogP contribution in [0.5, 0.6) is 5.75 Å². The number of hydrogen-bond acceptors (Lipinski definition) is 5. The number of carbonyl (C=O) groups excluding carboxylic acids is 1. The lowest BCUT2D eigenvalue weighted by atomic mass is 10.2. The van der Waals surface area contributed by atoms with E-state index in [-0.39, 0.29) is 24.5 Å². The number of ether oxygens (including phenoxy) is 2. The average molecular weight is 330 g/mol. The first-order valence-corrected chi connectivity index (χ1v) is 7.37. The molecular formula is C17H18N2O5.